The molecule has 94 valence electrons. The van der Waals surface area contributed by atoms with Crippen molar-refractivity contribution in [3.63, 3.8) is 0 Å². The van der Waals surface area contributed by atoms with Gasteiger partial charge in [0.2, 0.25) is 0 Å². The van der Waals surface area contributed by atoms with Crippen LogP contribution in [0.1, 0.15) is 12.7 Å². The average Bonchev–Trinajstić information content (AvgIpc) is 2.46. The van der Waals surface area contributed by atoms with Gasteiger partial charge in [0, 0.05) is 29.6 Å². The molecule has 3 rings (SSSR count). The molecule has 4 nitrogen and oxygen atoms in total. The third-order valence-electron chi connectivity index (χ3n) is 3.03. The van der Waals surface area contributed by atoms with Crippen molar-refractivity contribution in [3.05, 3.63) is 58.8 Å². The highest BCUT2D eigenvalue weighted by Gasteiger charge is 2.07. The van der Waals surface area contributed by atoms with Crippen molar-refractivity contribution in [2.45, 2.75) is 13.3 Å². The highest BCUT2D eigenvalue weighted by molar-refractivity contribution is 5.92. The van der Waals surface area contributed by atoms with E-state index in [1.807, 2.05) is 37.3 Å². The van der Waals surface area contributed by atoms with E-state index in [2.05, 4.69) is 15.0 Å². The van der Waals surface area contributed by atoms with E-state index in [1.54, 1.807) is 6.20 Å². The number of aromatic amines is 1. The Hall–Kier alpha value is -2.49. The third kappa shape index (κ3) is 2.12. The highest BCUT2D eigenvalue weighted by Crippen LogP contribution is 2.24. The molecule has 0 unspecified atom stereocenters. The van der Waals surface area contributed by atoms with Gasteiger partial charge in [-0.3, -0.25) is 9.78 Å². The summed E-state index contributed by atoms with van der Waals surface area (Å²) in [5.41, 5.74) is 2.30. The Morgan fingerprint density at radius 3 is 2.89 bits per heavy atom. The molecule has 0 bridgehead atoms. The number of fused-ring (bicyclic) bond motifs is 1. The molecular weight excluding hydrogens is 238 g/mol. The second-order valence-corrected chi connectivity index (χ2v) is 4.31. The number of aryl methyl sites for hydroxylation is 1. The fraction of sp³-hybridized carbons (Fsp3) is 0.133. The predicted molar refractivity (Wildman–Crippen MR) is 75.0 cm³/mol. The molecular formula is C15H13N3O. The molecule has 1 aromatic carbocycles. The maximum absolute atomic E-state index is 11.7. The topological polar surface area (TPSA) is 58.6 Å². The van der Waals surface area contributed by atoms with Gasteiger partial charge < -0.3 is 4.98 Å². The van der Waals surface area contributed by atoms with Crippen molar-refractivity contribution in [2.75, 3.05) is 0 Å². The molecule has 2 heterocycles. The fourth-order valence-electron chi connectivity index (χ4n) is 2.12. The van der Waals surface area contributed by atoms with Crippen LogP contribution in [0.5, 0.6) is 0 Å². The van der Waals surface area contributed by atoms with E-state index in [0.29, 0.717) is 17.9 Å². The Balaban J connectivity index is 2.30. The Labute approximate surface area is 110 Å². The number of hydrogen-bond donors (Lipinski definition) is 1. The molecule has 3 aromatic rings. The van der Waals surface area contributed by atoms with E-state index in [0.717, 1.165) is 16.5 Å². The van der Waals surface area contributed by atoms with Crippen LogP contribution in [0.15, 0.2) is 47.4 Å². The highest BCUT2D eigenvalue weighted by atomic mass is 16.1. The second-order valence-electron chi connectivity index (χ2n) is 4.31. The number of hydrogen-bond acceptors (Lipinski definition) is 3. The maximum atomic E-state index is 11.7. The molecule has 0 saturated carbocycles. The van der Waals surface area contributed by atoms with Crippen molar-refractivity contribution in [1.29, 1.82) is 0 Å². The number of pyridine rings is 1. The Morgan fingerprint density at radius 2 is 2.05 bits per heavy atom. The third-order valence-corrected chi connectivity index (χ3v) is 3.03. The van der Waals surface area contributed by atoms with Gasteiger partial charge in [-0.05, 0) is 6.07 Å². The van der Waals surface area contributed by atoms with Crippen LogP contribution in [0.25, 0.3) is 22.2 Å². The summed E-state index contributed by atoms with van der Waals surface area (Å²) in [5, 5.41) is 1.04. The van der Waals surface area contributed by atoms with E-state index in [-0.39, 0.29) is 5.56 Å². The molecule has 19 heavy (non-hydrogen) atoms. The summed E-state index contributed by atoms with van der Waals surface area (Å²) in [6.07, 6.45) is 2.45. The molecule has 0 fully saturated rings. The van der Waals surface area contributed by atoms with Crippen molar-refractivity contribution in [1.82, 2.24) is 15.0 Å². The molecule has 0 aliphatic rings. The normalized spacial score (nSPS) is 10.8. The predicted octanol–water partition coefficient (Wildman–Crippen LogP) is 2.55. The van der Waals surface area contributed by atoms with Crippen molar-refractivity contribution in [2.24, 2.45) is 0 Å². The Morgan fingerprint density at radius 1 is 1.21 bits per heavy atom. The van der Waals surface area contributed by atoms with Gasteiger partial charge in [0.25, 0.3) is 5.56 Å². The largest absolute Gasteiger partial charge is 0.311 e. The smallest absolute Gasteiger partial charge is 0.251 e. The van der Waals surface area contributed by atoms with Gasteiger partial charge >= 0.3 is 0 Å². The van der Waals surface area contributed by atoms with Crippen LogP contribution in [0.3, 0.4) is 0 Å². The first-order valence-corrected chi connectivity index (χ1v) is 6.22. The van der Waals surface area contributed by atoms with Crippen molar-refractivity contribution >= 4 is 10.9 Å². The van der Waals surface area contributed by atoms with Gasteiger partial charge in [-0.1, -0.05) is 31.2 Å². The number of benzene rings is 1. The van der Waals surface area contributed by atoms with Crippen LogP contribution in [-0.4, -0.2) is 15.0 Å². The summed E-state index contributed by atoms with van der Waals surface area (Å²) >= 11 is 0. The van der Waals surface area contributed by atoms with Gasteiger partial charge in [-0.25, -0.2) is 4.98 Å². The standard InChI is InChI=1S/C15H13N3O/c1-2-13-17-12(9-14(19)18-13)11-7-3-5-10-6-4-8-16-15(10)11/h3-9H,2H2,1H3,(H,17,18,19). The van der Waals surface area contributed by atoms with Crippen LogP contribution in [-0.2, 0) is 6.42 Å². The van der Waals surface area contributed by atoms with E-state index in [1.165, 1.54) is 6.07 Å². The van der Waals surface area contributed by atoms with Gasteiger partial charge in [0.1, 0.15) is 5.82 Å². The van der Waals surface area contributed by atoms with Crippen LogP contribution in [0.4, 0.5) is 0 Å². The minimum absolute atomic E-state index is 0.130. The van der Waals surface area contributed by atoms with Crippen LogP contribution in [0.2, 0.25) is 0 Å². The molecule has 0 radical (unpaired) electrons. The zero-order valence-electron chi connectivity index (χ0n) is 10.6. The molecule has 0 saturated heterocycles. The number of nitrogens with zero attached hydrogens (tertiary/aromatic N) is 2. The van der Waals surface area contributed by atoms with Gasteiger partial charge in [-0.2, -0.15) is 0 Å². The minimum Gasteiger partial charge on any atom is -0.311 e. The summed E-state index contributed by atoms with van der Waals surface area (Å²) < 4.78 is 0. The minimum atomic E-state index is -0.130. The first kappa shape index (κ1) is 11.6. The summed E-state index contributed by atoms with van der Waals surface area (Å²) in [6, 6.07) is 11.3. The molecule has 0 atom stereocenters. The summed E-state index contributed by atoms with van der Waals surface area (Å²) in [7, 11) is 0. The zero-order valence-corrected chi connectivity index (χ0v) is 10.6. The van der Waals surface area contributed by atoms with Crippen molar-refractivity contribution in [3.8, 4) is 11.3 Å². The zero-order chi connectivity index (χ0) is 13.2. The lowest BCUT2D eigenvalue weighted by atomic mass is 10.1. The number of para-hydroxylation sites is 1. The maximum Gasteiger partial charge on any atom is 0.251 e. The molecule has 1 N–H and O–H groups in total. The lowest BCUT2D eigenvalue weighted by molar-refractivity contribution is 0.924. The van der Waals surface area contributed by atoms with Gasteiger partial charge in [0.05, 0.1) is 11.2 Å². The molecule has 0 amide bonds. The van der Waals surface area contributed by atoms with E-state index >= 15 is 0 Å². The first-order valence-electron chi connectivity index (χ1n) is 6.22. The number of H-pyrrole nitrogens is 1. The SMILES string of the molecule is CCc1nc(-c2cccc3cccnc23)cc(=O)[nH]1. The Kier molecular flexibility index (Phi) is 2.83. The second kappa shape index (κ2) is 4.65. The van der Waals surface area contributed by atoms with Crippen LogP contribution in [0, 0.1) is 0 Å². The lowest BCUT2D eigenvalue weighted by Crippen LogP contribution is -2.10. The van der Waals surface area contributed by atoms with E-state index in [9.17, 15) is 4.79 Å². The fourth-order valence-corrected chi connectivity index (χ4v) is 2.12. The molecule has 0 aliphatic heterocycles. The molecule has 2 aromatic heterocycles. The molecule has 0 spiro atoms. The van der Waals surface area contributed by atoms with Gasteiger partial charge in [0.15, 0.2) is 0 Å². The van der Waals surface area contributed by atoms with Crippen LogP contribution < -0.4 is 5.56 Å². The monoisotopic (exact) mass is 251 g/mol. The van der Waals surface area contributed by atoms with Crippen LogP contribution >= 0.6 is 0 Å². The Bertz CT molecular complexity index is 787. The molecule has 0 aliphatic carbocycles. The quantitative estimate of drug-likeness (QED) is 0.761. The summed E-state index contributed by atoms with van der Waals surface area (Å²) in [4.78, 5) is 23.3. The number of nitrogens with one attached hydrogen (secondary N) is 1. The number of rotatable bonds is 2. The van der Waals surface area contributed by atoms with E-state index < -0.39 is 0 Å². The average molecular weight is 251 g/mol. The number of aromatic nitrogens is 3. The van der Waals surface area contributed by atoms with E-state index in [4.69, 9.17) is 0 Å². The lowest BCUT2D eigenvalue weighted by Gasteiger charge is -2.06. The molecule has 4 heteroatoms. The summed E-state index contributed by atoms with van der Waals surface area (Å²) in [5.74, 6) is 0.690. The van der Waals surface area contributed by atoms with Gasteiger partial charge in [-0.15, -0.1) is 0 Å². The van der Waals surface area contributed by atoms with Crippen molar-refractivity contribution < 1.29 is 0 Å². The first-order chi connectivity index (χ1) is 9.28. The summed E-state index contributed by atoms with van der Waals surface area (Å²) in [6.45, 7) is 1.96.